The van der Waals surface area contributed by atoms with Gasteiger partial charge in [0.05, 0.1) is 11.1 Å². The van der Waals surface area contributed by atoms with Gasteiger partial charge in [0.2, 0.25) is 0 Å². The van der Waals surface area contributed by atoms with Crippen molar-refractivity contribution in [2.24, 2.45) is 5.92 Å². The van der Waals surface area contributed by atoms with E-state index < -0.39 is 24.0 Å². The Balaban J connectivity index is 1.39. The molecule has 5 nitrogen and oxygen atoms in total. The first-order valence-electron chi connectivity index (χ1n) is 9.85. The van der Waals surface area contributed by atoms with Crippen LogP contribution in [0.1, 0.15) is 22.5 Å². The van der Waals surface area contributed by atoms with E-state index in [4.69, 9.17) is 0 Å². The van der Waals surface area contributed by atoms with E-state index in [0.29, 0.717) is 29.6 Å². The van der Waals surface area contributed by atoms with Crippen LogP contribution in [0.5, 0.6) is 0 Å². The summed E-state index contributed by atoms with van der Waals surface area (Å²) in [5, 5.41) is 8.14. The summed E-state index contributed by atoms with van der Waals surface area (Å²) in [7, 11) is 0. The number of benzene rings is 1. The van der Waals surface area contributed by atoms with Gasteiger partial charge in [-0.05, 0) is 53.5 Å². The minimum absolute atomic E-state index is 0.192. The fourth-order valence-electron chi connectivity index (χ4n) is 3.58. The highest BCUT2D eigenvalue weighted by molar-refractivity contribution is 7.12. The van der Waals surface area contributed by atoms with Gasteiger partial charge in [-0.25, -0.2) is 13.9 Å². The Labute approximate surface area is 183 Å². The normalized spacial score (nSPS) is 15.1. The van der Waals surface area contributed by atoms with Gasteiger partial charge in [-0.15, -0.1) is 11.3 Å². The predicted molar refractivity (Wildman–Crippen MR) is 112 cm³/mol. The average Bonchev–Trinajstić information content (AvgIpc) is 3.30. The van der Waals surface area contributed by atoms with Gasteiger partial charge in [0.25, 0.3) is 5.91 Å². The molecule has 3 heterocycles. The number of thiophene rings is 1. The van der Waals surface area contributed by atoms with Crippen molar-refractivity contribution in [3.05, 3.63) is 65.0 Å². The highest BCUT2D eigenvalue weighted by atomic mass is 32.1. The molecule has 1 aliphatic carbocycles. The fourth-order valence-corrected chi connectivity index (χ4v) is 4.39. The highest BCUT2D eigenvalue weighted by Crippen LogP contribution is 2.40. The number of amides is 1. The summed E-state index contributed by atoms with van der Waals surface area (Å²) in [6, 6.07) is 5.73. The summed E-state index contributed by atoms with van der Waals surface area (Å²) >= 11 is 1.07. The molecule has 0 saturated heterocycles. The third kappa shape index (κ3) is 3.97. The van der Waals surface area contributed by atoms with Crippen molar-refractivity contribution in [2.75, 3.05) is 0 Å². The van der Waals surface area contributed by atoms with Crippen LogP contribution in [-0.2, 0) is 0 Å². The zero-order chi connectivity index (χ0) is 22.5. The van der Waals surface area contributed by atoms with E-state index in [1.54, 1.807) is 46.7 Å². The molecule has 0 bridgehead atoms. The Hall–Kier alpha value is -3.27. The van der Waals surface area contributed by atoms with Gasteiger partial charge in [-0.1, -0.05) is 12.1 Å². The Morgan fingerprint density at radius 1 is 1.12 bits per heavy atom. The van der Waals surface area contributed by atoms with Crippen molar-refractivity contribution in [3.8, 4) is 22.3 Å². The number of fused-ring (bicyclic) bond motifs is 1. The maximum atomic E-state index is 13.2. The molecule has 1 saturated carbocycles. The van der Waals surface area contributed by atoms with Crippen molar-refractivity contribution < 1.29 is 22.4 Å². The molecule has 0 radical (unpaired) electrons. The number of nitrogens with zero attached hydrogens (tertiary/aromatic N) is 3. The lowest BCUT2D eigenvalue weighted by Crippen LogP contribution is -2.46. The average molecular weight is 460 g/mol. The molecule has 3 aromatic heterocycles. The monoisotopic (exact) mass is 460 g/mol. The van der Waals surface area contributed by atoms with Gasteiger partial charge >= 0.3 is 6.18 Å². The van der Waals surface area contributed by atoms with Crippen LogP contribution in [0.15, 0.2) is 54.3 Å². The zero-order valence-corrected chi connectivity index (χ0v) is 17.3. The summed E-state index contributed by atoms with van der Waals surface area (Å²) in [5.41, 5.74) is 3.36. The lowest BCUT2D eigenvalue weighted by molar-refractivity contribution is -0.158. The second-order valence-electron chi connectivity index (χ2n) is 7.71. The molecular weight excluding hydrogens is 444 g/mol. The van der Waals surface area contributed by atoms with Crippen LogP contribution >= 0.6 is 11.3 Å². The highest BCUT2D eigenvalue weighted by Gasteiger charge is 2.49. The molecule has 1 atom stereocenters. The Kier molecular flexibility index (Phi) is 4.96. The maximum absolute atomic E-state index is 13.2. The van der Waals surface area contributed by atoms with Crippen LogP contribution < -0.4 is 5.32 Å². The molecular formula is C22H16F4N4OS. The standard InChI is InChI=1S/C22H16F4N4OS/c23-16-5-3-12(4-6-16)15-8-27-20-17(9-28-30(20)10-15)14-7-18(32-11-14)21(31)29-19(13-1-2-13)22(24,25)26/h3-11,13,19H,1-2H2,(H,29,31). The van der Waals surface area contributed by atoms with E-state index in [9.17, 15) is 22.4 Å². The quantitative estimate of drug-likeness (QED) is 0.410. The first-order chi connectivity index (χ1) is 15.3. The number of aromatic nitrogens is 3. The molecule has 32 heavy (non-hydrogen) atoms. The zero-order valence-electron chi connectivity index (χ0n) is 16.4. The Morgan fingerprint density at radius 3 is 2.56 bits per heavy atom. The van der Waals surface area contributed by atoms with E-state index in [1.807, 2.05) is 0 Å². The minimum atomic E-state index is -4.47. The van der Waals surface area contributed by atoms with E-state index in [2.05, 4.69) is 15.4 Å². The minimum Gasteiger partial charge on any atom is -0.339 e. The molecule has 1 N–H and O–H groups in total. The van der Waals surface area contributed by atoms with Crippen LogP contribution in [0.4, 0.5) is 17.6 Å². The van der Waals surface area contributed by atoms with Crippen LogP contribution in [0.3, 0.4) is 0 Å². The van der Waals surface area contributed by atoms with Crippen molar-refractivity contribution in [1.82, 2.24) is 19.9 Å². The SMILES string of the molecule is O=C(NC(C1CC1)C(F)(F)F)c1cc(-c2cnn3cc(-c4ccc(F)cc4)cnc23)cs1. The van der Waals surface area contributed by atoms with E-state index >= 15 is 0 Å². The van der Waals surface area contributed by atoms with E-state index in [1.165, 1.54) is 12.1 Å². The third-order valence-corrected chi connectivity index (χ3v) is 6.33. The maximum Gasteiger partial charge on any atom is 0.408 e. The second-order valence-corrected chi connectivity index (χ2v) is 8.62. The number of carbonyl (C=O) groups is 1. The molecule has 164 valence electrons. The van der Waals surface area contributed by atoms with Crippen LogP contribution in [0.2, 0.25) is 0 Å². The summed E-state index contributed by atoms with van der Waals surface area (Å²) in [6.45, 7) is 0. The number of nitrogens with one attached hydrogen (secondary N) is 1. The molecule has 1 amide bonds. The van der Waals surface area contributed by atoms with Gasteiger partial charge in [0, 0.05) is 23.5 Å². The Morgan fingerprint density at radius 2 is 1.88 bits per heavy atom. The van der Waals surface area contributed by atoms with E-state index in [-0.39, 0.29) is 10.7 Å². The summed E-state index contributed by atoms with van der Waals surface area (Å²) < 4.78 is 54.4. The molecule has 0 aliphatic heterocycles. The molecule has 10 heteroatoms. The second kappa shape index (κ2) is 7.70. The molecule has 1 aliphatic rings. The third-order valence-electron chi connectivity index (χ3n) is 5.40. The van der Waals surface area contributed by atoms with Crippen LogP contribution in [0.25, 0.3) is 27.9 Å². The predicted octanol–water partition coefficient (Wildman–Crippen LogP) is 5.33. The van der Waals surface area contributed by atoms with Crippen molar-refractivity contribution in [1.29, 1.82) is 0 Å². The molecule has 5 rings (SSSR count). The van der Waals surface area contributed by atoms with Crippen molar-refractivity contribution >= 4 is 22.9 Å². The van der Waals surface area contributed by atoms with Gasteiger partial charge in [-0.3, -0.25) is 4.79 Å². The van der Waals surface area contributed by atoms with Crippen molar-refractivity contribution in [2.45, 2.75) is 25.1 Å². The van der Waals surface area contributed by atoms with Gasteiger partial charge in [0.15, 0.2) is 5.65 Å². The van der Waals surface area contributed by atoms with Crippen LogP contribution in [0, 0.1) is 11.7 Å². The summed E-state index contributed by atoms with van der Waals surface area (Å²) in [6.07, 6.45) is 1.44. The number of alkyl halides is 3. The van der Waals surface area contributed by atoms with Gasteiger partial charge in [-0.2, -0.15) is 18.3 Å². The fraction of sp³-hybridized carbons (Fsp3) is 0.227. The van der Waals surface area contributed by atoms with E-state index in [0.717, 1.165) is 22.5 Å². The first-order valence-corrected chi connectivity index (χ1v) is 10.7. The van der Waals surface area contributed by atoms with Crippen LogP contribution in [-0.4, -0.2) is 32.7 Å². The number of halogens is 4. The number of hydrogen-bond acceptors (Lipinski definition) is 4. The number of hydrogen-bond donors (Lipinski definition) is 1. The largest absolute Gasteiger partial charge is 0.408 e. The van der Waals surface area contributed by atoms with Crippen molar-refractivity contribution in [3.63, 3.8) is 0 Å². The molecule has 4 aromatic rings. The lowest BCUT2D eigenvalue weighted by atomic mass is 10.1. The molecule has 0 spiro atoms. The first kappa shape index (κ1) is 20.6. The topological polar surface area (TPSA) is 59.3 Å². The van der Waals surface area contributed by atoms with Gasteiger partial charge < -0.3 is 5.32 Å². The Bertz CT molecular complexity index is 1290. The number of carbonyl (C=O) groups excluding carboxylic acids is 1. The van der Waals surface area contributed by atoms with Gasteiger partial charge in [0.1, 0.15) is 11.9 Å². The lowest BCUT2D eigenvalue weighted by Gasteiger charge is -2.20. The molecule has 1 unspecified atom stereocenters. The molecule has 1 fully saturated rings. The number of rotatable bonds is 5. The summed E-state index contributed by atoms with van der Waals surface area (Å²) in [4.78, 5) is 17.1. The smallest absolute Gasteiger partial charge is 0.339 e. The summed E-state index contributed by atoms with van der Waals surface area (Å²) in [5.74, 6) is -1.61. The molecule has 1 aromatic carbocycles.